The lowest BCUT2D eigenvalue weighted by molar-refractivity contribution is 0.477. The van der Waals surface area contributed by atoms with Crippen molar-refractivity contribution in [3.05, 3.63) is 0 Å². The topological polar surface area (TPSA) is 20.2 Å². The quantitative estimate of drug-likeness (QED) is 0.660. The fraction of sp³-hybridized carbons (Fsp3) is 1.00. The third kappa shape index (κ3) is 8.25. The molecule has 0 aliphatic carbocycles. The van der Waals surface area contributed by atoms with E-state index in [4.69, 9.17) is 4.66 Å². The van der Waals surface area contributed by atoms with Gasteiger partial charge in [0.05, 0.1) is 11.9 Å². The Morgan fingerprint density at radius 3 is 1.22 bits per heavy atom. The Morgan fingerprint density at radius 1 is 1.00 bits per heavy atom. The predicted molar refractivity (Wildman–Crippen MR) is 42.4 cm³/mol. The van der Waals surface area contributed by atoms with Crippen molar-refractivity contribution in [2.75, 3.05) is 0 Å². The molecule has 0 aromatic heterocycles. The molecule has 0 saturated heterocycles. The maximum absolute atomic E-state index is 6.47. The highest BCUT2D eigenvalue weighted by Crippen LogP contribution is 2.09. The normalized spacial score (nSPS) is 8.67. The highest BCUT2D eigenvalue weighted by Gasteiger charge is 1.95. The lowest BCUT2D eigenvalue weighted by Crippen LogP contribution is -1.91. The Bertz CT molecular complexity index is 30.4. The van der Waals surface area contributed by atoms with Crippen LogP contribution in [0.5, 0.6) is 0 Å². The Morgan fingerprint density at radius 2 is 1.22 bits per heavy atom. The molecule has 0 heterocycles. The maximum Gasteiger partial charge on any atom is 0.0579 e. The first-order valence-electron chi connectivity index (χ1n) is 3.52. The molecule has 0 fully saturated rings. The van der Waals surface area contributed by atoms with Gasteiger partial charge in [0.15, 0.2) is 0 Å². The summed E-state index contributed by atoms with van der Waals surface area (Å²) in [5.74, 6) is 0.986. The van der Waals surface area contributed by atoms with Crippen molar-refractivity contribution in [1.82, 2.24) is 0 Å². The highest BCUT2D eigenvalue weighted by atomic mass is 35.5. The lowest BCUT2D eigenvalue weighted by atomic mass is 10.0. The minimum Gasteiger partial charge on any atom is -0.295 e. The predicted octanol–water partition coefficient (Wildman–Crippen LogP) is 2.97. The molecule has 1 nitrogen and oxygen atoms in total. The average Bonchev–Trinajstić information content (AvgIpc) is 1.96. The minimum absolute atomic E-state index is 0.986. The van der Waals surface area contributed by atoms with Crippen LogP contribution < -0.4 is 0 Å². The summed E-state index contributed by atoms with van der Waals surface area (Å²) in [5.41, 5.74) is 0. The molecule has 0 radical (unpaired) electrons. The Labute approximate surface area is 63.2 Å². The molecule has 2 heteroatoms. The number of rotatable bonds is 3. The van der Waals surface area contributed by atoms with Crippen molar-refractivity contribution >= 4 is 11.9 Å². The molecule has 0 saturated carbocycles. The van der Waals surface area contributed by atoms with Crippen LogP contribution in [0.1, 0.15) is 40.0 Å². The number of halogens is 1. The molecule has 0 spiro atoms. The Kier molecular flexibility index (Phi) is 14.8. The molecular formula is C7H17ClO. The zero-order chi connectivity index (χ0) is 7.70. The van der Waals surface area contributed by atoms with Crippen molar-refractivity contribution < 1.29 is 4.66 Å². The molecule has 0 bridgehead atoms. The smallest absolute Gasteiger partial charge is 0.0579 e. The van der Waals surface area contributed by atoms with Crippen molar-refractivity contribution in [2.24, 2.45) is 5.92 Å². The van der Waals surface area contributed by atoms with E-state index in [1.54, 1.807) is 0 Å². The molecule has 0 amide bonds. The van der Waals surface area contributed by atoms with Crippen LogP contribution in [0.4, 0.5) is 0 Å². The SMILES string of the molecule is CCC(CC)CC.OCl. The summed E-state index contributed by atoms with van der Waals surface area (Å²) in [7, 11) is 0. The average molecular weight is 153 g/mol. The second kappa shape index (κ2) is 11.1. The van der Waals surface area contributed by atoms with Crippen LogP contribution in [0.3, 0.4) is 0 Å². The van der Waals surface area contributed by atoms with Gasteiger partial charge in [-0.2, -0.15) is 0 Å². The summed E-state index contributed by atoms with van der Waals surface area (Å²) in [4.78, 5) is 0. The van der Waals surface area contributed by atoms with Gasteiger partial charge in [-0.3, -0.25) is 4.66 Å². The molecule has 0 rings (SSSR count). The summed E-state index contributed by atoms with van der Waals surface area (Å²) in [6.07, 6.45) is 4.06. The first-order valence-corrected chi connectivity index (χ1v) is 3.85. The van der Waals surface area contributed by atoms with Crippen LogP contribution in [0.25, 0.3) is 0 Å². The monoisotopic (exact) mass is 152 g/mol. The lowest BCUT2D eigenvalue weighted by Gasteiger charge is -2.05. The van der Waals surface area contributed by atoms with Gasteiger partial charge < -0.3 is 0 Å². The van der Waals surface area contributed by atoms with Gasteiger partial charge in [-0.25, -0.2) is 0 Å². The molecule has 0 atom stereocenters. The van der Waals surface area contributed by atoms with Crippen molar-refractivity contribution in [3.8, 4) is 0 Å². The van der Waals surface area contributed by atoms with Crippen LogP contribution in [0.2, 0.25) is 0 Å². The zero-order valence-electron chi connectivity index (χ0n) is 6.52. The maximum atomic E-state index is 6.47. The molecular weight excluding hydrogens is 136 g/mol. The first kappa shape index (κ1) is 12.0. The summed E-state index contributed by atoms with van der Waals surface area (Å²) in [5, 5.41) is 0. The van der Waals surface area contributed by atoms with Crippen LogP contribution in [-0.4, -0.2) is 4.66 Å². The van der Waals surface area contributed by atoms with Gasteiger partial charge in [0.25, 0.3) is 0 Å². The van der Waals surface area contributed by atoms with Gasteiger partial charge in [0, 0.05) is 0 Å². The molecule has 0 aliphatic rings. The molecule has 1 N–H and O–H groups in total. The largest absolute Gasteiger partial charge is 0.295 e. The van der Waals surface area contributed by atoms with E-state index in [1.807, 2.05) is 0 Å². The number of hydrogen-bond acceptors (Lipinski definition) is 1. The van der Waals surface area contributed by atoms with E-state index in [2.05, 4.69) is 32.6 Å². The van der Waals surface area contributed by atoms with Crippen molar-refractivity contribution in [3.63, 3.8) is 0 Å². The van der Waals surface area contributed by atoms with Gasteiger partial charge in [0.1, 0.15) is 0 Å². The summed E-state index contributed by atoms with van der Waals surface area (Å²) in [6, 6.07) is 0. The van der Waals surface area contributed by atoms with Crippen LogP contribution in [0, 0.1) is 5.92 Å². The molecule has 0 aromatic rings. The molecule has 0 aliphatic heterocycles. The van der Waals surface area contributed by atoms with Gasteiger partial charge in [0.2, 0.25) is 0 Å². The first-order chi connectivity index (χ1) is 4.35. The fourth-order valence-electron chi connectivity index (χ4n) is 0.866. The van der Waals surface area contributed by atoms with Gasteiger partial charge in [-0.1, -0.05) is 40.0 Å². The van der Waals surface area contributed by atoms with Crippen molar-refractivity contribution in [1.29, 1.82) is 0 Å². The van der Waals surface area contributed by atoms with E-state index >= 15 is 0 Å². The Balaban J connectivity index is 0. The number of hydrogen-bond donors (Lipinski definition) is 1. The van der Waals surface area contributed by atoms with Gasteiger partial charge >= 0.3 is 0 Å². The molecule has 0 unspecified atom stereocenters. The molecule has 58 valence electrons. The van der Waals surface area contributed by atoms with Crippen LogP contribution >= 0.6 is 11.9 Å². The summed E-state index contributed by atoms with van der Waals surface area (Å²) in [6.45, 7) is 6.78. The second-order valence-electron chi connectivity index (χ2n) is 2.09. The van der Waals surface area contributed by atoms with E-state index in [1.165, 1.54) is 19.3 Å². The van der Waals surface area contributed by atoms with E-state index in [0.29, 0.717) is 0 Å². The van der Waals surface area contributed by atoms with Crippen molar-refractivity contribution in [2.45, 2.75) is 40.0 Å². The zero-order valence-corrected chi connectivity index (χ0v) is 7.28. The van der Waals surface area contributed by atoms with Crippen LogP contribution in [0.15, 0.2) is 0 Å². The third-order valence-electron chi connectivity index (χ3n) is 1.73. The van der Waals surface area contributed by atoms with E-state index < -0.39 is 0 Å². The summed E-state index contributed by atoms with van der Waals surface area (Å²) < 4.78 is 6.47. The minimum atomic E-state index is 0.986. The third-order valence-corrected chi connectivity index (χ3v) is 1.73. The van der Waals surface area contributed by atoms with Crippen LogP contribution in [-0.2, 0) is 0 Å². The molecule has 0 aromatic carbocycles. The van der Waals surface area contributed by atoms with E-state index in [9.17, 15) is 0 Å². The van der Waals surface area contributed by atoms with E-state index in [-0.39, 0.29) is 0 Å². The highest BCUT2D eigenvalue weighted by molar-refractivity contribution is 6.04. The van der Waals surface area contributed by atoms with Gasteiger partial charge in [-0.15, -0.1) is 0 Å². The second-order valence-corrected chi connectivity index (χ2v) is 2.09. The summed E-state index contributed by atoms with van der Waals surface area (Å²) >= 11 is 3.64. The van der Waals surface area contributed by atoms with Gasteiger partial charge in [-0.05, 0) is 5.92 Å². The molecule has 9 heavy (non-hydrogen) atoms. The fourth-order valence-corrected chi connectivity index (χ4v) is 0.866. The Hall–Kier alpha value is 0.250. The standard InChI is InChI=1S/C7H16.ClHO/c1-4-7(5-2)6-3;1-2/h7H,4-6H2,1-3H3;2H. The van der Waals surface area contributed by atoms with E-state index in [0.717, 1.165) is 5.92 Å².